The predicted octanol–water partition coefficient (Wildman–Crippen LogP) is 6.54. The van der Waals surface area contributed by atoms with E-state index in [2.05, 4.69) is 90.8 Å². The van der Waals surface area contributed by atoms with Crippen LogP contribution in [0.2, 0.25) is 0 Å². The van der Waals surface area contributed by atoms with Crippen LogP contribution < -0.4 is 5.32 Å². The molecule has 3 aromatic rings. The maximum absolute atomic E-state index is 12.5. The molecule has 3 nitrogen and oxygen atoms in total. The van der Waals surface area contributed by atoms with Crippen LogP contribution in [0.4, 0.5) is 4.79 Å². The van der Waals surface area contributed by atoms with E-state index in [4.69, 9.17) is 4.74 Å². The average Bonchev–Trinajstić information content (AvgIpc) is 3.08. The zero-order valence-electron chi connectivity index (χ0n) is 17.3. The zero-order chi connectivity index (χ0) is 21.4. The van der Waals surface area contributed by atoms with E-state index < -0.39 is 6.09 Å². The Morgan fingerprint density at radius 2 is 1.53 bits per heavy atom. The van der Waals surface area contributed by atoms with Crippen molar-refractivity contribution in [2.45, 2.75) is 38.1 Å². The molecule has 3 aromatic carbocycles. The molecule has 0 unspecified atom stereocenters. The summed E-state index contributed by atoms with van der Waals surface area (Å²) in [5.74, 6) is 0.0657. The van der Waals surface area contributed by atoms with E-state index in [1.54, 1.807) is 0 Å². The van der Waals surface area contributed by atoms with Gasteiger partial charge in [-0.15, -0.1) is 12.6 Å². The van der Waals surface area contributed by atoms with E-state index >= 15 is 0 Å². The molecule has 0 aliphatic heterocycles. The Hall–Kier alpha value is -1.99. The number of nitrogens with one attached hydrogen (secondary N) is 1. The number of halogens is 1. The number of rotatable bonds is 4. The minimum atomic E-state index is -0.396. The van der Waals surface area contributed by atoms with Gasteiger partial charge < -0.3 is 10.1 Å². The summed E-state index contributed by atoms with van der Waals surface area (Å²) in [4.78, 5) is 13.5. The molecule has 1 aliphatic rings. The molecule has 1 amide bonds. The molecule has 0 bridgehead atoms. The van der Waals surface area contributed by atoms with Crippen LogP contribution in [0, 0.1) is 24.3 Å². The van der Waals surface area contributed by atoms with E-state index in [1.165, 1.54) is 37.0 Å². The largest absolute Gasteiger partial charge is 0.449 e. The molecule has 30 heavy (non-hydrogen) atoms. The third-order valence-corrected chi connectivity index (χ3v) is 8.32. The number of ether oxygens (including phenoxy) is 1. The van der Waals surface area contributed by atoms with Gasteiger partial charge in [0.2, 0.25) is 0 Å². The Labute approximate surface area is 196 Å². The van der Waals surface area contributed by atoms with Crippen molar-refractivity contribution in [3.05, 3.63) is 85.5 Å². The fourth-order valence-corrected chi connectivity index (χ4v) is 5.35. The van der Waals surface area contributed by atoms with E-state index in [-0.39, 0.29) is 5.92 Å². The number of benzene rings is 3. The minimum Gasteiger partial charge on any atom is -0.449 e. The highest BCUT2D eigenvalue weighted by molar-refractivity contribution is 14.1. The lowest BCUT2D eigenvalue weighted by molar-refractivity contribution is 0.142. The molecule has 0 aromatic heterocycles. The Bertz CT molecular complexity index is 1070. The Balaban J connectivity index is 1.46. The summed E-state index contributed by atoms with van der Waals surface area (Å²) < 4.78 is 6.84. The predicted molar refractivity (Wildman–Crippen MR) is 133 cm³/mol. The van der Waals surface area contributed by atoms with Crippen LogP contribution in [0.25, 0.3) is 11.1 Å². The third-order valence-electron chi connectivity index (χ3n) is 6.03. The molecule has 0 fully saturated rings. The van der Waals surface area contributed by atoms with Crippen molar-refractivity contribution in [1.29, 1.82) is 0 Å². The number of hydrogen-bond acceptors (Lipinski definition) is 3. The summed E-state index contributed by atoms with van der Waals surface area (Å²) in [7, 11) is 0. The Morgan fingerprint density at radius 3 is 2.13 bits per heavy atom. The van der Waals surface area contributed by atoms with Gasteiger partial charge in [-0.2, -0.15) is 0 Å². The van der Waals surface area contributed by atoms with Gasteiger partial charge >= 0.3 is 6.09 Å². The normalized spacial score (nSPS) is 12.4. The number of hydrogen-bond donors (Lipinski definition) is 2. The molecule has 5 heteroatoms. The van der Waals surface area contributed by atoms with Crippen molar-refractivity contribution >= 4 is 41.3 Å². The van der Waals surface area contributed by atoms with Crippen molar-refractivity contribution in [2.24, 2.45) is 0 Å². The molecular formula is C25H24INO2S. The van der Waals surface area contributed by atoms with Gasteiger partial charge in [-0.1, -0.05) is 48.5 Å². The first-order valence-electron chi connectivity index (χ1n) is 9.96. The molecule has 1 N–H and O–H groups in total. The Morgan fingerprint density at radius 1 is 0.967 bits per heavy atom. The van der Waals surface area contributed by atoms with Gasteiger partial charge in [-0.05, 0) is 87.9 Å². The van der Waals surface area contributed by atoms with E-state index in [9.17, 15) is 4.79 Å². The number of alkyl carbamates (subject to hydrolysis) is 1. The van der Waals surface area contributed by atoms with E-state index in [0.29, 0.717) is 13.2 Å². The van der Waals surface area contributed by atoms with Crippen molar-refractivity contribution in [3.63, 3.8) is 0 Å². The zero-order valence-corrected chi connectivity index (χ0v) is 20.3. The molecule has 0 spiro atoms. The van der Waals surface area contributed by atoms with Crippen LogP contribution in [0.15, 0.2) is 53.4 Å². The molecule has 0 radical (unpaired) electrons. The van der Waals surface area contributed by atoms with Gasteiger partial charge in [0.05, 0.1) is 0 Å². The number of fused-ring (bicyclic) bond motifs is 3. The molecule has 0 saturated heterocycles. The van der Waals surface area contributed by atoms with Gasteiger partial charge in [0.1, 0.15) is 6.61 Å². The highest BCUT2D eigenvalue weighted by Gasteiger charge is 2.29. The van der Waals surface area contributed by atoms with E-state index in [1.807, 2.05) is 19.1 Å². The summed E-state index contributed by atoms with van der Waals surface area (Å²) in [5.41, 5.74) is 9.45. The molecule has 4 rings (SSSR count). The van der Waals surface area contributed by atoms with Crippen LogP contribution in [0.1, 0.15) is 39.3 Å². The smallest absolute Gasteiger partial charge is 0.407 e. The lowest BCUT2D eigenvalue weighted by Gasteiger charge is -2.18. The summed E-state index contributed by atoms with van der Waals surface area (Å²) in [6, 6.07) is 16.7. The van der Waals surface area contributed by atoms with Crippen molar-refractivity contribution in [2.75, 3.05) is 6.61 Å². The quantitative estimate of drug-likeness (QED) is 0.298. The molecule has 0 heterocycles. The Kier molecular flexibility index (Phi) is 6.11. The fraction of sp³-hybridized carbons (Fsp3) is 0.240. The number of thiol groups is 1. The first-order valence-corrected chi connectivity index (χ1v) is 11.5. The van der Waals surface area contributed by atoms with Gasteiger partial charge in [0, 0.05) is 20.9 Å². The van der Waals surface area contributed by atoms with Gasteiger partial charge in [0.25, 0.3) is 0 Å². The lowest BCUT2D eigenvalue weighted by Crippen LogP contribution is -2.26. The highest BCUT2D eigenvalue weighted by Crippen LogP contribution is 2.44. The first-order chi connectivity index (χ1) is 14.4. The second kappa shape index (κ2) is 8.63. The fourth-order valence-electron chi connectivity index (χ4n) is 4.30. The number of carbonyl (C=O) groups is 1. The molecule has 0 saturated carbocycles. The summed E-state index contributed by atoms with van der Waals surface area (Å²) in [6.07, 6.45) is -0.396. The van der Waals surface area contributed by atoms with Crippen LogP contribution >= 0.6 is 35.2 Å². The van der Waals surface area contributed by atoms with Crippen molar-refractivity contribution in [3.8, 4) is 11.1 Å². The van der Waals surface area contributed by atoms with Crippen LogP contribution in [-0.2, 0) is 11.3 Å². The third kappa shape index (κ3) is 3.73. The lowest BCUT2D eigenvalue weighted by atomic mass is 9.98. The maximum Gasteiger partial charge on any atom is 0.407 e. The maximum atomic E-state index is 12.5. The topological polar surface area (TPSA) is 38.3 Å². The summed E-state index contributed by atoms with van der Waals surface area (Å²) in [6.45, 7) is 6.96. The number of carbonyl (C=O) groups excluding carboxylic acids is 1. The highest BCUT2D eigenvalue weighted by atomic mass is 127. The van der Waals surface area contributed by atoms with Gasteiger partial charge in [-0.25, -0.2) is 4.79 Å². The van der Waals surface area contributed by atoms with Crippen molar-refractivity contribution in [1.82, 2.24) is 5.32 Å². The van der Waals surface area contributed by atoms with Crippen LogP contribution in [0.3, 0.4) is 0 Å². The van der Waals surface area contributed by atoms with Gasteiger partial charge in [0.15, 0.2) is 0 Å². The molecule has 0 atom stereocenters. The van der Waals surface area contributed by atoms with Crippen molar-refractivity contribution < 1.29 is 9.53 Å². The molecular weight excluding hydrogens is 505 g/mol. The second-order valence-electron chi connectivity index (χ2n) is 7.70. The summed E-state index contributed by atoms with van der Waals surface area (Å²) >= 11 is 6.99. The van der Waals surface area contributed by atoms with E-state index in [0.717, 1.165) is 16.0 Å². The van der Waals surface area contributed by atoms with Crippen LogP contribution in [0.5, 0.6) is 0 Å². The average molecular weight is 529 g/mol. The standard InChI is InChI=1S/C25H24INO2S/c1-14-21(15(2)24(30)16(3)23(14)26)12-27-25(28)29-13-22-19-10-6-4-8-17(19)18-9-5-7-11-20(18)22/h4-11,22,30H,12-13H2,1-3H3,(H,27,28). The first kappa shape index (κ1) is 21.2. The second-order valence-corrected chi connectivity index (χ2v) is 9.22. The monoisotopic (exact) mass is 529 g/mol. The summed E-state index contributed by atoms with van der Waals surface area (Å²) in [5, 5.41) is 2.93. The SMILES string of the molecule is Cc1c(S)c(C)c(CNC(=O)OCC2c3ccccc3-c3ccccc32)c(C)c1I. The number of amides is 1. The molecule has 1 aliphatic carbocycles. The molecule has 154 valence electrons. The minimum absolute atomic E-state index is 0.0657. The van der Waals surface area contributed by atoms with Crippen LogP contribution in [-0.4, -0.2) is 12.7 Å². The van der Waals surface area contributed by atoms with Gasteiger partial charge in [-0.3, -0.25) is 0 Å².